The van der Waals surface area contributed by atoms with Gasteiger partial charge in [-0.3, -0.25) is 14.8 Å². The summed E-state index contributed by atoms with van der Waals surface area (Å²) in [7, 11) is 0. The fraction of sp³-hybridized carbons (Fsp3) is 0.462. The van der Waals surface area contributed by atoms with Gasteiger partial charge in [-0.15, -0.1) is 5.75 Å². The van der Waals surface area contributed by atoms with Gasteiger partial charge in [-0.1, -0.05) is 24.3 Å². The van der Waals surface area contributed by atoms with Crippen molar-refractivity contribution in [3.8, 4) is 5.75 Å². The van der Waals surface area contributed by atoms with E-state index in [1.165, 1.54) is 4.91 Å². The summed E-state index contributed by atoms with van der Waals surface area (Å²) in [4.78, 5) is 8.11. The molecule has 4 N–H and O–H groups in total. The molecule has 0 saturated carbocycles. The van der Waals surface area contributed by atoms with E-state index in [-0.39, 0.29) is 33.8 Å². The minimum absolute atomic E-state index is 0. The average Bonchev–Trinajstić information content (AvgIpc) is 2.47. The van der Waals surface area contributed by atoms with Crippen LogP contribution in [0, 0.1) is 0 Å². The molecule has 1 radical (unpaired) electrons. The van der Waals surface area contributed by atoms with E-state index in [0.717, 1.165) is 39.4 Å². The molecule has 1 saturated heterocycles. The summed E-state index contributed by atoms with van der Waals surface area (Å²) in [6.07, 6.45) is 1.67. The third-order valence-electron chi connectivity index (χ3n) is 2.80. The number of aliphatic imine (C=N–C) groups is 1. The second-order valence-electron chi connectivity index (χ2n) is 4.12. The Hall–Kier alpha value is -1.64. The maximum absolute atomic E-state index is 11.4. The fourth-order valence-electron chi connectivity index (χ4n) is 1.77. The summed E-state index contributed by atoms with van der Waals surface area (Å²) >= 11 is 0. The second kappa shape index (κ2) is 16.7. The van der Waals surface area contributed by atoms with E-state index in [9.17, 15) is 5.11 Å². The van der Waals surface area contributed by atoms with Crippen molar-refractivity contribution in [2.24, 2.45) is 4.99 Å². The van der Waals surface area contributed by atoms with Crippen LogP contribution in [0.1, 0.15) is 5.56 Å². The van der Waals surface area contributed by atoms with Gasteiger partial charge in [0.1, 0.15) is 0 Å². The molecular formula is C13H21CuN5O4. The number of para-hydroxylation sites is 1. The van der Waals surface area contributed by atoms with Crippen molar-refractivity contribution < 1.29 is 37.9 Å². The molecule has 0 aromatic heterocycles. The van der Waals surface area contributed by atoms with Gasteiger partial charge in [0.25, 0.3) is 0 Å². The van der Waals surface area contributed by atoms with Crippen LogP contribution in [0.2, 0.25) is 0 Å². The van der Waals surface area contributed by atoms with E-state index in [4.69, 9.17) is 15.8 Å². The van der Waals surface area contributed by atoms with E-state index in [0.29, 0.717) is 5.56 Å². The Morgan fingerprint density at radius 2 is 1.78 bits per heavy atom. The molecule has 0 atom stereocenters. The van der Waals surface area contributed by atoms with Gasteiger partial charge in [0.15, 0.2) is 0 Å². The first-order chi connectivity index (χ1) is 9.77. The van der Waals surface area contributed by atoms with E-state index >= 15 is 0 Å². The zero-order valence-electron chi connectivity index (χ0n) is 12.5. The van der Waals surface area contributed by atoms with Gasteiger partial charge in [-0.2, -0.15) is 0 Å². The first-order valence-corrected chi connectivity index (χ1v) is 6.32. The molecule has 1 aliphatic heterocycles. The Bertz CT molecular complexity index is 463. The normalized spacial score (nSPS) is 13.4. The molecule has 133 valence electrons. The molecule has 1 fully saturated rings. The average molecular weight is 375 g/mol. The summed E-state index contributed by atoms with van der Waals surface area (Å²) in [5, 5.41) is 11.4. The molecule has 2 rings (SSSR count). The number of nitrogens with zero attached hydrogens (tertiary/aromatic N) is 5. The summed E-state index contributed by atoms with van der Waals surface area (Å²) in [5.41, 5.74) is 14.2. The summed E-state index contributed by atoms with van der Waals surface area (Å²) in [6.45, 7) is 5.25. The molecule has 0 amide bonds. The minimum Gasteiger partial charge on any atom is -0.872 e. The first kappa shape index (κ1) is 26.3. The predicted molar refractivity (Wildman–Crippen MR) is 82.9 cm³/mol. The largest absolute Gasteiger partial charge is 2.00 e. The van der Waals surface area contributed by atoms with E-state index in [1.807, 2.05) is 6.07 Å². The standard InChI is InChI=1S/C13H18N2O2.Cu.N3.2H2O/c16-13-4-2-1-3-12(13)11-14-5-6-15-7-9-17-10-8-15;;1-3-2;;/h1-4,11,16H,5-10H2;;;2*1H2/q;+2;-1;;/p-1. The zero-order valence-corrected chi connectivity index (χ0v) is 13.4. The van der Waals surface area contributed by atoms with Crippen LogP contribution >= 0.6 is 0 Å². The Kier molecular flexibility index (Phi) is 19.1. The molecule has 9 nitrogen and oxygen atoms in total. The van der Waals surface area contributed by atoms with Gasteiger partial charge in [-0.05, 0) is 5.56 Å². The maximum Gasteiger partial charge on any atom is 2.00 e. The molecular weight excluding hydrogens is 354 g/mol. The molecule has 0 aliphatic carbocycles. The predicted octanol–water partition coefficient (Wildman–Crippen LogP) is -0.274. The first-order valence-electron chi connectivity index (χ1n) is 6.32. The number of hydrogen-bond acceptors (Lipinski definition) is 4. The van der Waals surface area contributed by atoms with Gasteiger partial charge < -0.3 is 31.9 Å². The SMILES string of the molecule is O.O.[Cu+2].[N-]=[N+]=[N-].[O-]c1ccccc1C=NCCN1CCOCC1. The quantitative estimate of drug-likeness (QED) is 0.232. The summed E-state index contributed by atoms with van der Waals surface area (Å²) in [5.74, 6) is 0.0302. The monoisotopic (exact) mass is 374 g/mol. The van der Waals surface area contributed by atoms with Gasteiger partial charge in [-0.25, -0.2) is 0 Å². The van der Waals surface area contributed by atoms with Gasteiger partial charge in [0, 0.05) is 25.8 Å². The van der Waals surface area contributed by atoms with Crippen molar-refractivity contribution >= 4 is 6.21 Å². The van der Waals surface area contributed by atoms with Gasteiger partial charge in [0.2, 0.25) is 0 Å². The second-order valence-corrected chi connectivity index (χ2v) is 4.12. The Morgan fingerprint density at radius 1 is 1.22 bits per heavy atom. The smallest absolute Gasteiger partial charge is 0.872 e. The summed E-state index contributed by atoms with van der Waals surface area (Å²) in [6, 6.07) is 6.95. The molecule has 0 bridgehead atoms. The molecule has 1 aromatic rings. The van der Waals surface area contributed by atoms with Crippen LogP contribution in [0.3, 0.4) is 0 Å². The molecule has 1 heterocycles. The van der Waals surface area contributed by atoms with Crippen molar-refractivity contribution in [1.82, 2.24) is 4.90 Å². The Labute approximate surface area is 145 Å². The van der Waals surface area contributed by atoms with Gasteiger partial charge in [0.05, 0.1) is 19.8 Å². The minimum atomic E-state index is 0. The number of benzene rings is 1. The third kappa shape index (κ3) is 11.6. The topological polar surface area (TPSA) is 170 Å². The Balaban J connectivity index is -0.000000620. The van der Waals surface area contributed by atoms with Crippen molar-refractivity contribution in [2.45, 2.75) is 0 Å². The molecule has 0 unspecified atom stereocenters. The molecule has 10 heteroatoms. The van der Waals surface area contributed by atoms with Crippen LogP contribution in [0.15, 0.2) is 29.3 Å². The number of ether oxygens (including phenoxy) is 1. The van der Waals surface area contributed by atoms with Crippen LogP contribution < -0.4 is 5.11 Å². The maximum atomic E-state index is 11.4. The van der Waals surface area contributed by atoms with Crippen LogP contribution in [0.25, 0.3) is 16.0 Å². The molecule has 0 spiro atoms. The zero-order chi connectivity index (χ0) is 14.6. The van der Waals surface area contributed by atoms with Crippen LogP contribution in [0.5, 0.6) is 5.75 Å². The summed E-state index contributed by atoms with van der Waals surface area (Å²) < 4.78 is 5.27. The van der Waals surface area contributed by atoms with Gasteiger partial charge >= 0.3 is 17.1 Å². The molecule has 1 aliphatic rings. The van der Waals surface area contributed by atoms with Crippen molar-refractivity contribution in [2.75, 3.05) is 39.4 Å². The molecule has 23 heavy (non-hydrogen) atoms. The fourth-order valence-corrected chi connectivity index (χ4v) is 1.77. The number of morpholine rings is 1. The van der Waals surface area contributed by atoms with E-state index < -0.39 is 0 Å². The van der Waals surface area contributed by atoms with E-state index in [1.54, 1.807) is 24.4 Å². The van der Waals surface area contributed by atoms with E-state index in [2.05, 4.69) is 9.89 Å². The van der Waals surface area contributed by atoms with Crippen molar-refractivity contribution in [3.05, 3.63) is 45.8 Å². The number of hydrogen-bond donors (Lipinski definition) is 0. The third-order valence-corrected chi connectivity index (χ3v) is 2.80. The van der Waals surface area contributed by atoms with Crippen LogP contribution in [-0.4, -0.2) is 61.5 Å². The number of rotatable bonds is 4. The van der Waals surface area contributed by atoms with Crippen LogP contribution in [0.4, 0.5) is 0 Å². The van der Waals surface area contributed by atoms with Crippen molar-refractivity contribution in [3.63, 3.8) is 0 Å². The Morgan fingerprint density at radius 3 is 2.35 bits per heavy atom. The van der Waals surface area contributed by atoms with Crippen LogP contribution in [-0.2, 0) is 21.8 Å². The van der Waals surface area contributed by atoms with Crippen molar-refractivity contribution in [1.29, 1.82) is 0 Å². The molecule has 1 aromatic carbocycles.